The maximum absolute atomic E-state index is 15.7. The predicted octanol–water partition coefficient (Wildman–Crippen LogP) is 10.1. The van der Waals surface area contributed by atoms with Gasteiger partial charge in [-0.2, -0.15) is 0 Å². The van der Waals surface area contributed by atoms with E-state index in [2.05, 4.69) is 20.3 Å². The van der Waals surface area contributed by atoms with Crippen molar-refractivity contribution < 1.29 is 26.7 Å². The zero-order valence-electron chi connectivity index (χ0n) is 22.0. The molecule has 43 heavy (non-hydrogen) atoms. The minimum atomic E-state index is -2.66. The van der Waals surface area contributed by atoms with E-state index < -0.39 is 18.1 Å². The van der Waals surface area contributed by atoms with Gasteiger partial charge in [-0.15, -0.1) is 0 Å². The lowest BCUT2D eigenvalue weighted by Crippen LogP contribution is -2.32. The van der Waals surface area contributed by atoms with Crippen molar-refractivity contribution in [3.63, 3.8) is 0 Å². The number of nitrogens with one attached hydrogen (secondary N) is 1. The zero-order chi connectivity index (χ0) is 30.0. The molecule has 1 aliphatic carbocycles. The van der Waals surface area contributed by atoms with Crippen LogP contribution in [0.5, 0.6) is 0 Å². The van der Waals surface area contributed by atoms with E-state index in [4.69, 9.17) is 27.9 Å². The van der Waals surface area contributed by atoms with Crippen LogP contribution in [0.2, 0.25) is 10.0 Å². The Morgan fingerprint density at radius 1 is 0.977 bits per heavy atom. The van der Waals surface area contributed by atoms with Gasteiger partial charge in [0, 0.05) is 45.0 Å². The van der Waals surface area contributed by atoms with E-state index >= 15 is 4.39 Å². The van der Waals surface area contributed by atoms with E-state index in [0.29, 0.717) is 52.7 Å². The second-order valence-corrected chi connectivity index (χ2v) is 10.4. The third-order valence-electron chi connectivity index (χ3n) is 6.77. The highest BCUT2D eigenvalue weighted by molar-refractivity contribution is 6.32. The Kier molecular flexibility index (Phi) is 10.0. The fourth-order valence-electron chi connectivity index (χ4n) is 4.64. The molecule has 226 valence electrons. The Bertz CT molecular complexity index is 1700. The molecule has 12 heteroatoms. The summed E-state index contributed by atoms with van der Waals surface area (Å²) in [5.74, 6) is -1.83. The molecule has 4 heterocycles. The van der Waals surface area contributed by atoms with Gasteiger partial charge in [0.1, 0.15) is 11.6 Å². The van der Waals surface area contributed by atoms with Crippen LogP contribution in [0.4, 0.5) is 33.5 Å². The van der Waals surface area contributed by atoms with E-state index in [-0.39, 0.29) is 34.6 Å². The van der Waals surface area contributed by atoms with Crippen LogP contribution in [0, 0.1) is 11.7 Å². The van der Waals surface area contributed by atoms with Crippen LogP contribution in [-0.2, 0) is 10.6 Å². The summed E-state index contributed by atoms with van der Waals surface area (Å²) in [5.41, 5.74) is 1.49. The van der Waals surface area contributed by atoms with Crippen molar-refractivity contribution in [3.8, 4) is 0 Å². The smallest absolute Gasteiger partial charge is 0.267 e. The van der Waals surface area contributed by atoms with Gasteiger partial charge in [-0.05, 0) is 73.4 Å². The van der Waals surface area contributed by atoms with Crippen molar-refractivity contribution >= 4 is 56.6 Å². The highest BCUT2D eigenvalue weighted by Crippen LogP contribution is 2.48. The number of fused-ring (bicyclic) bond motifs is 4. The Hall–Kier alpha value is -3.60. The molecule has 0 saturated heterocycles. The van der Waals surface area contributed by atoms with Gasteiger partial charge in [-0.25, -0.2) is 32.5 Å². The first-order chi connectivity index (χ1) is 20.2. The van der Waals surface area contributed by atoms with Crippen molar-refractivity contribution in [2.75, 3.05) is 19.1 Å². The first-order valence-corrected chi connectivity index (χ1v) is 13.5. The van der Waals surface area contributed by atoms with Gasteiger partial charge in [0.25, 0.3) is 12.3 Å². The lowest BCUT2D eigenvalue weighted by Gasteiger charge is -2.33. The molecular weight excluding hydrogens is 610 g/mol. The highest BCUT2D eigenvalue weighted by atomic mass is 35.5. The molecule has 5 nitrogen and oxygen atoms in total. The molecule has 0 spiro atoms. The maximum atomic E-state index is 15.7. The zero-order valence-corrected chi connectivity index (χ0v) is 23.5. The standard InChI is InChI=1S/C16H14F2N2O.C13H6Cl2F2N2.CH3F.CH4/c17-11-5-6-14-13(8-11)16(18,21-9-10-3-4-10)12-2-1-7-19-15(12)20-14;14-6-1-2-10-8(3-6)11(12(16)17)9-4-7(15)5-18-13(9)19-10;1-2;/h1-2,5-8,10H,3-4,9H2,(H,19,20);1-5,12H;1H3;1H4. The molecule has 3 aromatic heterocycles. The van der Waals surface area contributed by atoms with Crippen LogP contribution in [0.3, 0.4) is 0 Å². The SMILES string of the molecule is C.CF.FC(F)c1c2cc(Cl)ccc2nc2ncc(Cl)cc12.Fc1ccc2c(c1)C(F)(OCC1CC1)c1cccnc1N2. The van der Waals surface area contributed by atoms with Gasteiger partial charge in [0.05, 0.1) is 29.9 Å². The van der Waals surface area contributed by atoms with Gasteiger partial charge in [0.2, 0.25) is 0 Å². The molecule has 5 aromatic rings. The Morgan fingerprint density at radius 2 is 1.72 bits per heavy atom. The minimum absolute atomic E-state index is 0. The van der Waals surface area contributed by atoms with E-state index in [9.17, 15) is 17.6 Å². The summed E-state index contributed by atoms with van der Waals surface area (Å²) in [6.45, 7) is 0.334. The summed E-state index contributed by atoms with van der Waals surface area (Å²) in [6, 6.07) is 13.4. The monoisotopic (exact) mass is 636 g/mol. The number of rotatable bonds is 4. The number of ether oxygens (including phenoxy) is 1. The molecule has 0 radical (unpaired) electrons. The minimum Gasteiger partial charge on any atom is -0.339 e. The predicted molar refractivity (Wildman–Crippen MR) is 160 cm³/mol. The molecule has 1 atom stereocenters. The number of alkyl halides is 4. The lowest BCUT2D eigenvalue weighted by molar-refractivity contribution is -0.123. The third-order valence-corrected chi connectivity index (χ3v) is 7.21. The van der Waals surface area contributed by atoms with Gasteiger partial charge in [0.15, 0.2) is 5.65 Å². The van der Waals surface area contributed by atoms with Gasteiger partial charge in [-0.3, -0.25) is 4.39 Å². The largest absolute Gasteiger partial charge is 0.339 e. The number of halogens is 7. The molecule has 0 amide bonds. The topological polar surface area (TPSA) is 59.9 Å². The van der Waals surface area contributed by atoms with Gasteiger partial charge >= 0.3 is 0 Å². The summed E-state index contributed by atoms with van der Waals surface area (Å²) in [5, 5.41) is 4.26. The Labute approximate surface area is 255 Å². The number of pyridine rings is 3. The normalized spacial score (nSPS) is 16.6. The fraction of sp³-hybridized carbons (Fsp3) is 0.258. The van der Waals surface area contributed by atoms with Crippen LogP contribution >= 0.6 is 23.2 Å². The summed E-state index contributed by atoms with van der Waals surface area (Å²) >= 11 is 11.7. The van der Waals surface area contributed by atoms with E-state index in [1.165, 1.54) is 36.5 Å². The van der Waals surface area contributed by atoms with Gasteiger partial charge in [-0.1, -0.05) is 30.6 Å². The first-order valence-electron chi connectivity index (χ1n) is 12.8. The number of anilines is 2. The third kappa shape index (κ3) is 6.66. The highest BCUT2D eigenvalue weighted by Gasteiger charge is 2.44. The van der Waals surface area contributed by atoms with Crippen LogP contribution in [0.15, 0.2) is 67.0 Å². The summed E-state index contributed by atoms with van der Waals surface area (Å²) in [7, 11) is 0.500. The van der Waals surface area contributed by atoms with E-state index in [1.54, 1.807) is 30.5 Å². The molecule has 1 aliphatic heterocycles. The molecule has 1 N–H and O–H groups in total. The maximum Gasteiger partial charge on any atom is 0.267 e. The quantitative estimate of drug-likeness (QED) is 0.157. The van der Waals surface area contributed by atoms with Crippen LogP contribution in [0.25, 0.3) is 21.9 Å². The number of aromatic nitrogens is 3. The molecule has 0 bridgehead atoms. The van der Waals surface area contributed by atoms with E-state index in [0.717, 1.165) is 12.8 Å². The number of hydrogen-bond donors (Lipinski definition) is 1. The second-order valence-electron chi connectivity index (χ2n) is 9.58. The van der Waals surface area contributed by atoms with Crippen LogP contribution in [-0.4, -0.2) is 28.7 Å². The van der Waals surface area contributed by atoms with Crippen molar-refractivity contribution in [2.45, 2.75) is 32.5 Å². The lowest BCUT2D eigenvalue weighted by atomic mass is 9.94. The number of nitrogens with zero attached hydrogens (tertiary/aromatic N) is 3. The van der Waals surface area contributed by atoms with Crippen LogP contribution in [0.1, 0.15) is 43.4 Å². The molecule has 1 fully saturated rings. The number of benzene rings is 2. The molecule has 1 unspecified atom stereocenters. The second kappa shape index (κ2) is 13.4. The molecular formula is C31H27Cl2F5N4O. The molecule has 2 aliphatic rings. The van der Waals surface area contributed by atoms with Crippen molar-refractivity contribution in [2.24, 2.45) is 5.92 Å². The van der Waals surface area contributed by atoms with Crippen LogP contribution < -0.4 is 5.32 Å². The summed E-state index contributed by atoms with van der Waals surface area (Å²) in [6.07, 6.45) is 2.43. The first kappa shape index (κ1) is 32.3. The fourth-order valence-corrected chi connectivity index (χ4v) is 4.97. The van der Waals surface area contributed by atoms with Crippen molar-refractivity contribution in [1.82, 2.24) is 15.0 Å². The van der Waals surface area contributed by atoms with Crippen molar-refractivity contribution in [1.29, 1.82) is 0 Å². The Balaban J connectivity index is 0.000000183. The number of hydrogen-bond acceptors (Lipinski definition) is 5. The average molecular weight is 637 g/mol. The average Bonchev–Trinajstić information content (AvgIpc) is 3.82. The van der Waals surface area contributed by atoms with E-state index in [1.807, 2.05) is 0 Å². The Morgan fingerprint density at radius 3 is 2.44 bits per heavy atom. The molecule has 1 saturated carbocycles. The molecule has 2 aromatic carbocycles. The van der Waals surface area contributed by atoms with Crippen molar-refractivity contribution in [3.05, 3.63) is 99.5 Å². The van der Waals surface area contributed by atoms with Gasteiger partial charge < -0.3 is 10.1 Å². The summed E-state index contributed by atoms with van der Waals surface area (Å²) < 4.78 is 71.0. The molecule has 7 rings (SSSR count). The summed E-state index contributed by atoms with van der Waals surface area (Å²) in [4.78, 5) is 12.4.